The molecule has 0 aliphatic carbocycles. The number of benzene rings is 3. The van der Waals surface area contributed by atoms with Gasteiger partial charge in [-0.25, -0.2) is 65.9 Å². The van der Waals surface area contributed by atoms with Crippen LogP contribution in [-0.2, 0) is 20.2 Å². The molecule has 3 aromatic rings. The van der Waals surface area contributed by atoms with E-state index in [1.54, 1.807) is 0 Å². The van der Waals surface area contributed by atoms with Crippen LogP contribution in [0.25, 0.3) is 0 Å². The molecule has 352 valence electrons. The Morgan fingerprint density at radius 1 is 0.328 bits per heavy atom. The van der Waals surface area contributed by atoms with Crippen LogP contribution in [-0.4, -0.2) is 84.8 Å². The highest BCUT2D eigenvalue weighted by Crippen LogP contribution is 2.49. The maximum Gasteiger partial charge on any atom is 0.269 e. The Kier molecular flexibility index (Phi) is 11.9. The van der Waals surface area contributed by atoms with Crippen molar-refractivity contribution < 1.29 is 91.8 Å². The summed E-state index contributed by atoms with van der Waals surface area (Å²) in [5.41, 5.74) is -4.90. The van der Waals surface area contributed by atoms with E-state index in [0.717, 1.165) is 0 Å². The zero-order valence-electron chi connectivity index (χ0n) is 31.8. The van der Waals surface area contributed by atoms with Gasteiger partial charge in [-0.05, 0) is 38.5 Å². The van der Waals surface area contributed by atoms with Crippen LogP contribution in [0.15, 0.2) is 0 Å². The predicted molar refractivity (Wildman–Crippen MR) is 188 cm³/mol. The van der Waals surface area contributed by atoms with Crippen LogP contribution in [0.2, 0.25) is 0 Å². The number of halogens is 15. The van der Waals surface area contributed by atoms with Gasteiger partial charge in [0.05, 0.1) is 0 Å². The van der Waals surface area contributed by atoms with Crippen LogP contribution >= 0.6 is 0 Å². The third-order valence-corrected chi connectivity index (χ3v) is 16.0. The molecule has 27 heteroatoms. The number of fused-ring (bicyclic) bond motifs is 9. The molecule has 5 fully saturated rings. The van der Waals surface area contributed by atoms with E-state index in [1.165, 1.54) is 0 Å². The minimum absolute atomic E-state index is 0.500. The Labute approximate surface area is 351 Å². The molecule has 5 aliphatic heterocycles. The zero-order chi connectivity index (χ0) is 47.0. The van der Waals surface area contributed by atoms with Crippen molar-refractivity contribution in [3.63, 3.8) is 0 Å². The van der Waals surface area contributed by atoms with Crippen molar-refractivity contribution in [2.24, 2.45) is 0 Å². The van der Waals surface area contributed by atoms with Crippen molar-refractivity contribution in [3.05, 3.63) is 104 Å². The molecule has 5 saturated heterocycles. The lowest BCUT2D eigenvalue weighted by molar-refractivity contribution is 0.292. The molecule has 64 heavy (non-hydrogen) atoms. The average Bonchev–Trinajstić information content (AvgIpc) is 4.07. The first-order valence-corrected chi connectivity index (χ1v) is 22.3. The van der Waals surface area contributed by atoms with E-state index in [1.807, 2.05) is 0 Å². The fraction of sp³-hybridized carbons (Fsp3) is 0.514. The van der Waals surface area contributed by atoms with Crippen LogP contribution in [0.5, 0.6) is 0 Å². The number of hydrogen-bond acceptors (Lipinski definition) is 8. The van der Waals surface area contributed by atoms with Gasteiger partial charge in [-0.1, -0.05) is 0 Å². The third-order valence-electron chi connectivity index (χ3n) is 13.5. The van der Waals surface area contributed by atoms with Crippen LogP contribution < -0.4 is 21.3 Å². The Hall–Kier alpha value is -3.73. The SMILES string of the molecule is O=S(=O)(O)C1CC2NC1C1CC(S(=O)(=O)O)C(N1)C(c1c(F)c(F)c(F)c(F)c1F)C1CCC(N1)C(c1c(F)c(F)c(F)c(F)c1F)C1CCC(N1)C2c1c(F)c(F)c(F)c(F)c1F. The maximum absolute atomic E-state index is 15.9. The molecule has 8 bridgehead atoms. The number of nitrogens with one attached hydrogen (secondary N) is 4. The molecule has 0 amide bonds. The maximum atomic E-state index is 15.9. The van der Waals surface area contributed by atoms with Crippen molar-refractivity contribution in [1.82, 2.24) is 21.3 Å². The summed E-state index contributed by atoms with van der Waals surface area (Å²) in [5, 5.41) is 5.84. The first kappa shape index (κ1) is 46.8. The van der Waals surface area contributed by atoms with Gasteiger partial charge in [-0.15, -0.1) is 0 Å². The Balaban J connectivity index is 1.40. The van der Waals surface area contributed by atoms with Gasteiger partial charge in [0, 0.05) is 82.8 Å². The highest BCUT2D eigenvalue weighted by Gasteiger charge is 2.58. The van der Waals surface area contributed by atoms with Crippen LogP contribution in [0.3, 0.4) is 0 Å². The molecule has 5 heterocycles. The van der Waals surface area contributed by atoms with Crippen molar-refractivity contribution in [2.45, 2.75) is 115 Å². The van der Waals surface area contributed by atoms with E-state index in [0.29, 0.717) is 0 Å². The summed E-state index contributed by atoms with van der Waals surface area (Å²) in [6, 6.07) is -14.7. The monoisotopic (exact) mass is 976 g/mol. The van der Waals surface area contributed by atoms with E-state index < -0.39 is 239 Å². The molecule has 8 rings (SSSR count). The van der Waals surface area contributed by atoms with E-state index in [2.05, 4.69) is 21.3 Å². The van der Waals surface area contributed by atoms with Crippen molar-refractivity contribution >= 4 is 20.2 Å². The van der Waals surface area contributed by atoms with Gasteiger partial charge >= 0.3 is 0 Å². The van der Waals surface area contributed by atoms with Crippen molar-refractivity contribution in [3.8, 4) is 0 Å². The minimum atomic E-state index is -5.58. The van der Waals surface area contributed by atoms with Gasteiger partial charge in [-0.3, -0.25) is 9.11 Å². The smallest absolute Gasteiger partial charge is 0.269 e. The molecule has 0 aromatic heterocycles. The van der Waals surface area contributed by atoms with Crippen molar-refractivity contribution in [2.75, 3.05) is 0 Å². The molecular weight excluding hydrogens is 946 g/mol. The highest BCUT2D eigenvalue weighted by molar-refractivity contribution is 7.86. The largest absolute Gasteiger partial charge is 0.310 e. The first-order valence-electron chi connectivity index (χ1n) is 19.3. The molecule has 0 radical (unpaired) electrons. The lowest BCUT2D eigenvalue weighted by atomic mass is 9.82. The van der Waals surface area contributed by atoms with E-state index >= 15 is 26.3 Å². The number of rotatable bonds is 5. The summed E-state index contributed by atoms with van der Waals surface area (Å²) in [6.07, 6.45) is -4.20. The van der Waals surface area contributed by atoms with Crippen LogP contribution in [0, 0.1) is 87.3 Å². The molecule has 3 aromatic carbocycles. The lowest BCUT2D eigenvalue weighted by Gasteiger charge is -2.36. The average molecular weight is 977 g/mol. The van der Waals surface area contributed by atoms with Crippen LogP contribution in [0.4, 0.5) is 65.9 Å². The van der Waals surface area contributed by atoms with Gasteiger partial charge in [0.2, 0.25) is 17.5 Å². The fourth-order valence-electron chi connectivity index (χ4n) is 10.9. The minimum Gasteiger partial charge on any atom is -0.310 e. The van der Waals surface area contributed by atoms with Gasteiger partial charge in [0.1, 0.15) is 10.5 Å². The Morgan fingerprint density at radius 2 is 0.578 bits per heavy atom. The quantitative estimate of drug-likeness (QED) is 0.0818. The lowest BCUT2D eigenvalue weighted by Crippen LogP contribution is -2.54. The molecule has 5 aliphatic rings. The molecule has 0 spiro atoms. The van der Waals surface area contributed by atoms with E-state index in [9.17, 15) is 65.5 Å². The Morgan fingerprint density at radius 3 is 0.922 bits per heavy atom. The topological polar surface area (TPSA) is 157 Å². The second kappa shape index (κ2) is 16.3. The summed E-state index contributed by atoms with van der Waals surface area (Å²) in [4.78, 5) is 0. The summed E-state index contributed by atoms with van der Waals surface area (Å²) in [7, 11) is -11.0. The summed E-state index contributed by atoms with van der Waals surface area (Å²) in [6.45, 7) is 0. The normalized spacial score (nSPS) is 33.2. The standard InChI is InChI=1S/C37H31F15N4O6S2/c38-21-18(22(39)28(45)33(50)27(21)44)15-7-1-2-9(53-7)16(19-23(40)29(46)34(51)30(47)24(19)41)11-5-13(63(57,58)59)36(55-11)12-6-14(64(60,61)62)37(56-12)17(10-4-3-8(15)54-10)20-25(42)31(48)35(52)32(49)26(20)43/h7-17,36-37,53-56H,1-6H2,(H,57,58,59)(H,60,61,62). The fourth-order valence-corrected chi connectivity index (χ4v) is 13.1. The van der Waals surface area contributed by atoms with Gasteiger partial charge < -0.3 is 21.3 Å². The second-order valence-corrected chi connectivity index (χ2v) is 19.9. The second-order valence-electron chi connectivity index (χ2n) is 16.6. The van der Waals surface area contributed by atoms with Crippen LogP contribution in [0.1, 0.15) is 73.0 Å². The van der Waals surface area contributed by atoms with E-state index in [-0.39, 0.29) is 0 Å². The van der Waals surface area contributed by atoms with Crippen molar-refractivity contribution in [1.29, 1.82) is 0 Å². The van der Waals surface area contributed by atoms with Gasteiger partial charge in [0.25, 0.3) is 20.2 Å². The first-order chi connectivity index (χ1) is 29.8. The van der Waals surface area contributed by atoms with Gasteiger partial charge in [-0.2, -0.15) is 16.8 Å². The molecule has 6 N–H and O–H groups in total. The summed E-state index contributed by atoms with van der Waals surface area (Å²) < 4.78 is 302. The molecular formula is C37H31F15N4O6S2. The molecule has 10 nitrogen and oxygen atoms in total. The molecule has 13 atom stereocenters. The van der Waals surface area contributed by atoms with E-state index in [4.69, 9.17) is 0 Å². The highest BCUT2D eigenvalue weighted by atomic mass is 32.2. The zero-order valence-corrected chi connectivity index (χ0v) is 33.4. The van der Waals surface area contributed by atoms with Gasteiger partial charge in [0.15, 0.2) is 69.8 Å². The predicted octanol–water partition coefficient (Wildman–Crippen LogP) is 5.65. The third kappa shape index (κ3) is 7.26. The number of hydrogen-bond donors (Lipinski definition) is 6. The molecule has 0 saturated carbocycles. The summed E-state index contributed by atoms with van der Waals surface area (Å²) >= 11 is 0. The Bertz CT molecular complexity index is 2600. The molecule has 13 unspecified atom stereocenters. The summed E-state index contributed by atoms with van der Waals surface area (Å²) in [5.74, 6) is -44.5.